The second kappa shape index (κ2) is 6.95. The second-order valence-electron chi connectivity index (χ2n) is 8.18. The molecule has 0 spiro atoms. The van der Waals surface area contributed by atoms with Gasteiger partial charge in [-0.25, -0.2) is 0 Å². The van der Waals surface area contributed by atoms with Gasteiger partial charge >= 0.3 is 5.97 Å². The van der Waals surface area contributed by atoms with Crippen molar-refractivity contribution < 1.29 is 18.4 Å². The fourth-order valence-electron chi connectivity index (χ4n) is 3.42. The summed E-state index contributed by atoms with van der Waals surface area (Å²) < 4.78 is 17.0. The van der Waals surface area contributed by atoms with Crippen LogP contribution in [0.4, 0.5) is 0 Å². The Kier molecular flexibility index (Phi) is 4.57. The van der Waals surface area contributed by atoms with E-state index in [9.17, 15) is 9.59 Å². The molecule has 0 unspecified atom stereocenters. The van der Waals surface area contributed by atoms with Crippen molar-refractivity contribution in [1.82, 2.24) is 4.98 Å². The van der Waals surface area contributed by atoms with E-state index in [1.54, 1.807) is 24.5 Å². The molecule has 0 saturated heterocycles. The number of hydrogen-bond donors (Lipinski definition) is 1. The van der Waals surface area contributed by atoms with Crippen molar-refractivity contribution >= 4 is 27.9 Å². The molecule has 0 fully saturated rings. The van der Waals surface area contributed by atoms with Crippen LogP contribution in [-0.2, 0) is 16.0 Å². The van der Waals surface area contributed by atoms with Crippen LogP contribution in [-0.4, -0.2) is 16.6 Å². The number of fused-ring (bicyclic) bond motifs is 2. The van der Waals surface area contributed by atoms with Gasteiger partial charge in [-0.1, -0.05) is 11.6 Å². The molecule has 0 aliphatic rings. The first-order valence-corrected chi connectivity index (χ1v) is 9.57. The number of furan rings is 1. The van der Waals surface area contributed by atoms with Gasteiger partial charge in [0.25, 0.3) is 0 Å². The van der Waals surface area contributed by atoms with Gasteiger partial charge in [-0.2, -0.15) is 0 Å². The lowest BCUT2D eigenvalue weighted by molar-refractivity contribution is -0.154. The van der Waals surface area contributed by atoms with E-state index in [4.69, 9.17) is 13.6 Å². The first kappa shape index (κ1) is 19.1. The fourth-order valence-corrected chi connectivity index (χ4v) is 3.42. The summed E-state index contributed by atoms with van der Waals surface area (Å²) in [6.07, 6.45) is 2.07. The van der Waals surface area contributed by atoms with E-state index in [-0.39, 0.29) is 17.8 Å². The molecule has 3 aromatic heterocycles. The van der Waals surface area contributed by atoms with E-state index in [0.717, 1.165) is 5.56 Å². The van der Waals surface area contributed by atoms with Crippen LogP contribution in [0.1, 0.15) is 38.4 Å². The van der Waals surface area contributed by atoms with Crippen LogP contribution >= 0.6 is 0 Å². The summed E-state index contributed by atoms with van der Waals surface area (Å²) in [4.78, 5) is 28.7. The maximum atomic E-state index is 13.3. The number of aromatic amines is 1. The van der Waals surface area contributed by atoms with Gasteiger partial charge in [-0.15, -0.1) is 0 Å². The number of nitrogens with one attached hydrogen (secondary N) is 1. The Bertz CT molecular complexity index is 1250. The molecule has 1 N–H and O–H groups in total. The Morgan fingerprint density at radius 1 is 1.21 bits per heavy atom. The Hall–Kier alpha value is -3.28. The summed E-state index contributed by atoms with van der Waals surface area (Å²) in [7, 11) is 0. The van der Waals surface area contributed by atoms with Crippen molar-refractivity contribution in [3.63, 3.8) is 0 Å². The van der Waals surface area contributed by atoms with Crippen LogP contribution in [0, 0.1) is 6.92 Å². The van der Waals surface area contributed by atoms with Crippen LogP contribution in [0.3, 0.4) is 0 Å². The molecule has 4 aromatic rings. The summed E-state index contributed by atoms with van der Waals surface area (Å²) in [6, 6.07) is 9.05. The standard InChI is InChI=1S/C23H23NO5/c1-13-7-9-16-14(12-13)21(26)19-20(17-6-5-11-27-17)24-15(22(19)28-16)8-10-18(25)29-23(2,3)4/h5-7,9,11-12,24H,8,10H2,1-4H3. The van der Waals surface area contributed by atoms with Gasteiger partial charge in [0.1, 0.15) is 11.2 Å². The van der Waals surface area contributed by atoms with Crippen molar-refractivity contribution in [3.05, 3.63) is 58.1 Å². The molecule has 0 saturated carbocycles. The topological polar surface area (TPSA) is 85.4 Å². The maximum Gasteiger partial charge on any atom is 0.306 e. The average molecular weight is 393 g/mol. The largest absolute Gasteiger partial charge is 0.463 e. The first-order valence-electron chi connectivity index (χ1n) is 9.57. The predicted molar refractivity (Wildman–Crippen MR) is 111 cm³/mol. The fraction of sp³-hybridized carbons (Fsp3) is 0.304. The highest BCUT2D eigenvalue weighted by Gasteiger charge is 2.22. The highest BCUT2D eigenvalue weighted by Crippen LogP contribution is 2.32. The van der Waals surface area contributed by atoms with Crippen molar-refractivity contribution in [2.75, 3.05) is 0 Å². The molecule has 29 heavy (non-hydrogen) atoms. The SMILES string of the molecule is Cc1ccc2oc3c(CCC(=O)OC(C)(C)C)[nH]c(-c4ccco4)c3c(=O)c2c1. The molecule has 0 bridgehead atoms. The zero-order valence-corrected chi connectivity index (χ0v) is 16.9. The molecule has 0 aliphatic carbocycles. The molecule has 6 nitrogen and oxygen atoms in total. The molecule has 150 valence electrons. The summed E-state index contributed by atoms with van der Waals surface area (Å²) in [5.41, 5.74) is 2.48. The number of carbonyl (C=O) groups excluding carboxylic acids is 1. The number of aromatic nitrogens is 1. The number of hydrogen-bond acceptors (Lipinski definition) is 5. The van der Waals surface area contributed by atoms with E-state index in [0.29, 0.717) is 45.5 Å². The lowest BCUT2D eigenvalue weighted by Crippen LogP contribution is -2.24. The number of benzene rings is 1. The number of ether oxygens (including phenoxy) is 1. The van der Waals surface area contributed by atoms with Gasteiger partial charge in [0.05, 0.1) is 34.8 Å². The Morgan fingerprint density at radius 2 is 2.00 bits per heavy atom. The minimum atomic E-state index is -0.547. The summed E-state index contributed by atoms with van der Waals surface area (Å²) >= 11 is 0. The van der Waals surface area contributed by atoms with Crippen LogP contribution in [0.15, 0.2) is 50.2 Å². The monoisotopic (exact) mass is 393 g/mol. The Labute approximate surface area is 167 Å². The summed E-state index contributed by atoms with van der Waals surface area (Å²) in [5, 5.41) is 0.945. The van der Waals surface area contributed by atoms with Crippen molar-refractivity contribution in [2.24, 2.45) is 0 Å². The number of carbonyl (C=O) groups is 1. The predicted octanol–water partition coefficient (Wildman–Crippen LogP) is 5.12. The van der Waals surface area contributed by atoms with Gasteiger partial charge in [0.15, 0.2) is 11.3 Å². The normalized spacial score (nSPS) is 12.0. The minimum absolute atomic E-state index is 0.129. The molecule has 3 heterocycles. The van der Waals surface area contributed by atoms with Crippen LogP contribution < -0.4 is 5.43 Å². The van der Waals surface area contributed by atoms with Crippen LogP contribution in [0.5, 0.6) is 0 Å². The molecule has 1 aromatic carbocycles. The van der Waals surface area contributed by atoms with Gasteiger partial charge < -0.3 is 18.6 Å². The highest BCUT2D eigenvalue weighted by atomic mass is 16.6. The summed E-state index contributed by atoms with van der Waals surface area (Å²) in [5.74, 6) is 0.233. The van der Waals surface area contributed by atoms with Crippen molar-refractivity contribution in [2.45, 2.75) is 46.1 Å². The molecular formula is C23H23NO5. The van der Waals surface area contributed by atoms with Crippen LogP contribution in [0.25, 0.3) is 33.4 Å². The molecule has 0 aliphatic heterocycles. The second-order valence-corrected chi connectivity index (χ2v) is 8.18. The molecule has 6 heteroatoms. The first-order chi connectivity index (χ1) is 13.7. The Morgan fingerprint density at radius 3 is 2.69 bits per heavy atom. The van der Waals surface area contributed by atoms with E-state index in [1.165, 1.54) is 0 Å². The quantitative estimate of drug-likeness (QED) is 0.487. The minimum Gasteiger partial charge on any atom is -0.463 e. The lowest BCUT2D eigenvalue weighted by Gasteiger charge is -2.19. The van der Waals surface area contributed by atoms with Gasteiger partial charge in [-0.3, -0.25) is 9.59 Å². The highest BCUT2D eigenvalue weighted by molar-refractivity contribution is 5.99. The molecule has 0 atom stereocenters. The molecule has 0 radical (unpaired) electrons. The number of aryl methyl sites for hydroxylation is 2. The smallest absolute Gasteiger partial charge is 0.306 e. The number of esters is 1. The van der Waals surface area contributed by atoms with E-state index >= 15 is 0 Å². The third-order valence-corrected chi connectivity index (χ3v) is 4.61. The number of rotatable bonds is 4. The molecule has 0 amide bonds. The zero-order chi connectivity index (χ0) is 20.8. The third-order valence-electron chi connectivity index (χ3n) is 4.61. The van der Waals surface area contributed by atoms with Crippen molar-refractivity contribution in [3.8, 4) is 11.5 Å². The van der Waals surface area contributed by atoms with E-state index in [2.05, 4.69) is 4.98 Å². The lowest BCUT2D eigenvalue weighted by atomic mass is 10.1. The third kappa shape index (κ3) is 3.70. The van der Waals surface area contributed by atoms with E-state index < -0.39 is 5.60 Å². The van der Waals surface area contributed by atoms with Gasteiger partial charge in [0, 0.05) is 6.42 Å². The van der Waals surface area contributed by atoms with E-state index in [1.807, 2.05) is 39.8 Å². The zero-order valence-electron chi connectivity index (χ0n) is 16.9. The summed E-state index contributed by atoms with van der Waals surface area (Å²) in [6.45, 7) is 7.42. The van der Waals surface area contributed by atoms with Gasteiger partial charge in [0.2, 0.25) is 5.43 Å². The Balaban J connectivity index is 1.85. The van der Waals surface area contributed by atoms with Gasteiger partial charge in [-0.05, 0) is 52.0 Å². The van der Waals surface area contributed by atoms with Crippen LogP contribution in [0.2, 0.25) is 0 Å². The maximum absolute atomic E-state index is 13.3. The molecular weight excluding hydrogens is 370 g/mol. The average Bonchev–Trinajstić information content (AvgIpc) is 3.27. The number of H-pyrrole nitrogens is 1. The molecule has 4 rings (SSSR count). The van der Waals surface area contributed by atoms with Crippen molar-refractivity contribution in [1.29, 1.82) is 0 Å².